The lowest BCUT2D eigenvalue weighted by atomic mass is 10.2. The van der Waals surface area contributed by atoms with Crippen LogP contribution >= 0.6 is 77.4 Å². The average molecular weight is 821 g/mol. The van der Waals surface area contributed by atoms with E-state index in [1.165, 1.54) is 39.3 Å². The molecule has 20 heteroatoms. The molecule has 3 aromatic heterocycles. The van der Waals surface area contributed by atoms with Gasteiger partial charge in [0.1, 0.15) is 0 Å². The Labute approximate surface area is 311 Å². The monoisotopic (exact) mass is 818 g/mol. The van der Waals surface area contributed by atoms with E-state index in [1.807, 2.05) is 0 Å². The summed E-state index contributed by atoms with van der Waals surface area (Å²) in [6.07, 6.45) is 0. The highest BCUT2D eigenvalue weighted by Gasteiger charge is 2.39. The van der Waals surface area contributed by atoms with E-state index in [0.29, 0.717) is 33.2 Å². The largest absolute Gasteiger partial charge is 0.651 e. The second-order valence-corrected chi connectivity index (χ2v) is 14.9. The van der Waals surface area contributed by atoms with Gasteiger partial charge in [0.15, 0.2) is 0 Å². The van der Waals surface area contributed by atoms with Crippen molar-refractivity contribution in [2.75, 3.05) is 0 Å². The zero-order valence-corrected chi connectivity index (χ0v) is 31.9. The predicted octanol–water partition coefficient (Wildman–Crippen LogP) is 7.92. The molecule has 0 saturated carbocycles. The number of rotatable bonds is 6. The maximum Gasteiger partial charge on any atom is 0.651 e. The van der Waals surface area contributed by atoms with Gasteiger partial charge in [-0.25, -0.2) is 15.0 Å². The van der Waals surface area contributed by atoms with Gasteiger partial charge in [-0.2, -0.15) is 4.57 Å². The molecule has 3 heterocycles. The van der Waals surface area contributed by atoms with Crippen LogP contribution in [0.25, 0.3) is 33.1 Å². The number of benzene rings is 3. The van der Waals surface area contributed by atoms with E-state index in [1.54, 1.807) is 20.8 Å². The van der Waals surface area contributed by atoms with Crippen LogP contribution in [0.4, 0.5) is 0 Å². The van der Waals surface area contributed by atoms with Crippen molar-refractivity contribution < 1.29 is 18.1 Å². The van der Waals surface area contributed by atoms with E-state index in [9.17, 15) is 18.9 Å². The van der Waals surface area contributed by atoms with Crippen molar-refractivity contribution in [3.8, 4) is 17.6 Å². The van der Waals surface area contributed by atoms with Crippen LogP contribution in [0, 0.1) is 20.8 Å². The molecule has 6 rings (SSSR count). The van der Waals surface area contributed by atoms with Crippen molar-refractivity contribution in [1.82, 2.24) is 28.7 Å². The summed E-state index contributed by atoms with van der Waals surface area (Å²) in [5, 5.41) is 0.894. The quantitative estimate of drug-likeness (QED) is 0.152. The van der Waals surface area contributed by atoms with Crippen molar-refractivity contribution >= 4 is 111 Å². The van der Waals surface area contributed by atoms with Gasteiger partial charge in [0.2, 0.25) is 0 Å². The third-order valence-corrected chi connectivity index (χ3v) is 11.8. The Bertz CT molecular complexity index is 2440. The normalized spacial score (nSPS) is 11.9. The highest BCUT2D eigenvalue weighted by molar-refractivity contribution is 7.49. The second-order valence-electron chi connectivity index (χ2n) is 11.1. The third kappa shape index (κ3) is 5.88. The van der Waals surface area contributed by atoms with Crippen LogP contribution < -0.4 is 30.2 Å². The first kappa shape index (κ1) is 36.2. The van der Waals surface area contributed by atoms with Crippen LogP contribution in [0.15, 0.2) is 32.6 Å². The molecule has 0 atom stereocenters. The Morgan fingerprint density at radius 3 is 1.00 bits per heavy atom. The van der Waals surface area contributed by atoms with Gasteiger partial charge in [-0.3, -0.25) is 14.4 Å². The third-order valence-electron chi connectivity index (χ3n) is 7.93. The highest BCUT2D eigenvalue weighted by atomic mass is 35.5. The van der Waals surface area contributed by atoms with Gasteiger partial charge in [0.25, 0.3) is 17.6 Å². The van der Waals surface area contributed by atoms with Crippen LogP contribution in [0.2, 0.25) is 30.1 Å². The summed E-state index contributed by atoms with van der Waals surface area (Å²) in [4.78, 5) is 53.3. The van der Waals surface area contributed by atoms with Gasteiger partial charge in [0, 0.05) is 21.1 Å². The lowest BCUT2D eigenvalue weighted by molar-refractivity contribution is 0.282. The Morgan fingerprint density at radius 1 is 0.520 bits per heavy atom. The summed E-state index contributed by atoms with van der Waals surface area (Å²) < 4.78 is 34.9. The molecule has 0 aliphatic rings. The zero-order chi connectivity index (χ0) is 36.7. The van der Waals surface area contributed by atoms with E-state index < -0.39 is 42.1 Å². The van der Waals surface area contributed by atoms with E-state index in [-0.39, 0.29) is 46.7 Å². The molecule has 0 bridgehead atoms. The minimum atomic E-state index is -5.36. The van der Waals surface area contributed by atoms with Crippen LogP contribution in [-0.4, -0.2) is 28.7 Å². The molecule has 13 nitrogen and oxygen atoms in total. The second kappa shape index (κ2) is 12.9. The average Bonchev–Trinajstić information content (AvgIpc) is 3.04. The number of nitrogens with zero attached hydrogens (tertiary/aromatic N) is 6. The number of aryl methyl sites for hydroxylation is 6. The maximum absolute atomic E-state index is 14.7. The fourth-order valence-corrected chi connectivity index (χ4v) is 7.74. The fourth-order valence-electron chi connectivity index (χ4n) is 5.47. The first-order chi connectivity index (χ1) is 23.3. The maximum atomic E-state index is 14.7. The molecule has 6 aromatic rings. The molecule has 0 radical (unpaired) electrons. The molecule has 0 N–H and O–H groups in total. The molecule has 0 fully saturated rings. The number of phosphoric ester groups is 1. The zero-order valence-electron chi connectivity index (χ0n) is 26.5. The number of phosphoric acid groups is 1. The Morgan fingerprint density at radius 2 is 0.760 bits per heavy atom. The molecule has 0 spiro atoms. The smallest absolute Gasteiger partial charge is 0.361 e. The predicted molar refractivity (Wildman–Crippen MR) is 195 cm³/mol. The number of hydrogen-bond donors (Lipinski definition) is 0. The van der Waals surface area contributed by atoms with Gasteiger partial charge in [-0.15, -0.1) is 0 Å². The van der Waals surface area contributed by atoms with Crippen molar-refractivity contribution in [3.05, 3.63) is 96.1 Å². The summed E-state index contributed by atoms with van der Waals surface area (Å²) >= 11 is 37.7. The minimum absolute atomic E-state index is 0.111. The van der Waals surface area contributed by atoms with Gasteiger partial charge in [-0.1, -0.05) is 69.6 Å². The molecule has 0 aliphatic carbocycles. The molecular weight excluding hydrogens is 800 g/mol. The molecule has 0 saturated heterocycles. The highest BCUT2D eigenvalue weighted by Crippen LogP contribution is 2.48. The summed E-state index contributed by atoms with van der Waals surface area (Å²) in [6.45, 7) is 4.87. The van der Waals surface area contributed by atoms with Gasteiger partial charge < -0.3 is 27.3 Å². The Kier molecular flexibility index (Phi) is 9.35. The topological polar surface area (TPSA) is 149 Å². The van der Waals surface area contributed by atoms with Gasteiger partial charge in [0.05, 0.1) is 63.2 Å². The van der Waals surface area contributed by atoms with Crippen molar-refractivity contribution in [2.24, 2.45) is 21.1 Å². The molecule has 3 aromatic carbocycles. The lowest BCUT2D eigenvalue weighted by Gasteiger charge is -2.20. The van der Waals surface area contributed by atoms with Crippen LogP contribution in [-0.2, 0) is 25.7 Å². The van der Waals surface area contributed by atoms with Crippen LogP contribution in [0.5, 0.6) is 17.6 Å². The molecular formula is C30H21Cl6N6O7P. The lowest BCUT2D eigenvalue weighted by Crippen LogP contribution is -2.27. The SMILES string of the molecule is Cc1c(Cl)c(Cl)cc2nc(OP(=O)(Oc3nc4cc(Cl)c(Cl)c(C)c4n(C)c3=O)Oc3nc4cc(Cl)c(Cl)c(C)c4n(C)c3=O)c(=O)n(C)c12. The van der Waals surface area contributed by atoms with Crippen molar-refractivity contribution in [3.63, 3.8) is 0 Å². The van der Waals surface area contributed by atoms with Gasteiger partial charge >= 0.3 is 24.5 Å². The fraction of sp³-hybridized carbons (Fsp3) is 0.200. The van der Waals surface area contributed by atoms with Crippen LogP contribution in [0.1, 0.15) is 16.7 Å². The first-order valence-electron chi connectivity index (χ1n) is 14.1. The Balaban J connectivity index is 1.58. The number of fused-ring (bicyclic) bond motifs is 3. The van der Waals surface area contributed by atoms with Crippen LogP contribution in [0.3, 0.4) is 0 Å². The first-order valence-corrected chi connectivity index (χ1v) is 17.8. The number of halogens is 6. The number of aromatic nitrogens is 6. The minimum Gasteiger partial charge on any atom is -0.361 e. The summed E-state index contributed by atoms with van der Waals surface area (Å²) in [7, 11) is -1.20. The molecule has 260 valence electrons. The van der Waals surface area contributed by atoms with Gasteiger partial charge in [-0.05, 0) is 55.7 Å². The van der Waals surface area contributed by atoms with E-state index in [4.69, 9.17) is 83.2 Å². The summed E-state index contributed by atoms with van der Waals surface area (Å²) in [6, 6.07) is 4.09. The Hall–Kier alpha value is -3.55. The van der Waals surface area contributed by atoms with E-state index >= 15 is 0 Å². The van der Waals surface area contributed by atoms with Crippen molar-refractivity contribution in [2.45, 2.75) is 20.8 Å². The van der Waals surface area contributed by atoms with E-state index in [2.05, 4.69) is 15.0 Å². The number of hydrogen-bond acceptors (Lipinski definition) is 10. The molecule has 0 amide bonds. The summed E-state index contributed by atoms with van der Waals surface area (Å²) in [5.41, 5.74) is -0.242. The molecule has 0 unspecified atom stereocenters. The van der Waals surface area contributed by atoms with E-state index in [0.717, 1.165) is 13.7 Å². The summed E-state index contributed by atoms with van der Waals surface area (Å²) in [5.74, 6) is -2.44. The standard InChI is InChI=1S/C30H21Cl6N6O7P/c1-10-19(34)13(31)7-16-22(10)40(4)28(43)25(37-16)47-50(46,48-26-29(44)41(5)23-11(2)20(35)14(32)8-17(23)38-26)49-27-30(45)42(6)24-12(3)21(36)15(33)9-18(24)39-27/h7-9H,1-6H3. The van der Waals surface area contributed by atoms with Crippen molar-refractivity contribution in [1.29, 1.82) is 0 Å². The molecule has 50 heavy (non-hydrogen) atoms. The molecule has 0 aliphatic heterocycles.